The first-order valence-corrected chi connectivity index (χ1v) is 9.26. The quantitative estimate of drug-likeness (QED) is 0.632. The first kappa shape index (κ1) is 16.3. The van der Waals surface area contributed by atoms with Gasteiger partial charge in [-0.05, 0) is 45.7 Å². The smallest absolute Gasteiger partial charge is 0.0110 e. The molecule has 2 atom stereocenters. The largest absolute Gasteiger partial charge is 0.314 e. The highest BCUT2D eigenvalue weighted by molar-refractivity contribution is 4.93. The van der Waals surface area contributed by atoms with Crippen LogP contribution < -0.4 is 5.32 Å². The number of fused-ring (bicyclic) bond motifs is 2. The molecule has 2 aliphatic heterocycles. The van der Waals surface area contributed by atoms with Gasteiger partial charge in [0.25, 0.3) is 0 Å². The van der Waals surface area contributed by atoms with Crippen LogP contribution >= 0.6 is 0 Å². The van der Waals surface area contributed by atoms with E-state index in [1.165, 1.54) is 83.6 Å². The molecule has 2 aliphatic rings. The van der Waals surface area contributed by atoms with Crippen LogP contribution in [-0.2, 0) is 0 Å². The normalized spacial score (nSPS) is 30.6. The number of hydrogen-bond acceptors (Lipinski definition) is 2. The summed E-state index contributed by atoms with van der Waals surface area (Å²) in [5.41, 5.74) is 0. The lowest BCUT2D eigenvalue weighted by Crippen LogP contribution is -2.54. The zero-order valence-electron chi connectivity index (χ0n) is 13.9. The molecule has 0 aromatic rings. The van der Waals surface area contributed by atoms with Gasteiger partial charge in [0.2, 0.25) is 0 Å². The minimum Gasteiger partial charge on any atom is -0.314 e. The number of piperidine rings is 2. The van der Waals surface area contributed by atoms with E-state index in [1.807, 2.05) is 0 Å². The highest BCUT2D eigenvalue weighted by Crippen LogP contribution is 2.32. The summed E-state index contributed by atoms with van der Waals surface area (Å²) in [6.45, 7) is 3.54. The lowest BCUT2D eigenvalue weighted by Gasteiger charge is -2.47. The van der Waals surface area contributed by atoms with Gasteiger partial charge in [-0.25, -0.2) is 0 Å². The molecule has 0 aliphatic carbocycles. The molecule has 0 saturated carbocycles. The third kappa shape index (κ3) is 5.04. The zero-order valence-corrected chi connectivity index (χ0v) is 13.9. The first-order valence-electron chi connectivity index (χ1n) is 9.26. The average Bonchev–Trinajstić information content (AvgIpc) is 2.42. The SMILES string of the molecule is CCCCCCCCCNC1CC2CCCC(C1)N2C. The summed E-state index contributed by atoms with van der Waals surface area (Å²) in [6.07, 6.45) is 17.1. The van der Waals surface area contributed by atoms with Gasteiger partial charge in [0.15, 0.2) is 0 Å². The van der Waals surface area contributed by atoms with Gasteiger partial charge >= 0.3 is 0 Å². The summed E-state index contributed by atoms with van der Waals surface area (Å²) < 4.78 is 0. The lowest BCUT2D eigenvalue weighted by molar-refractivity contribution is 0.0486. The van der Waals surface area contributed by atoms with Crippen molar-refractivity contribution in [3.63, 3.8) is 0 Å². The molecule has 2 bridgehead atoms. The molecule has 0 spiro atoms. The molecule has 2 heteroatoms. The second kappa shape index (κ2) is 9.04. The average molecular weight is 280 g/mol. The van der Waals surface area contributed by atoms with Crippen LogP contribution in [0.15, 0.2) is 0 Å². The molecule has 2 unspecified atom stereocenters. The predicted octanol–water partition coefficient (Wildman–Crippen LogP) is 4.34. The van der Waals surface area contributed by atoms with Crippen LogP contribution in [0.4, 0.5) is 0 Å². The molecular formula is C18H36N2. The molecule has 0 amide bonds. The van der Waals surface area contributed by atoms with Crippen molar-refractivity contribution >= 4 is 0 Å². The Labute approximate surface area is 126 Å². The maximum Gasteiger partial charge on any atom is 0.0110 e. The van der Waals surface area contributed by atoms with E-state index < -0.39 is 0 Å². The fourth-order valence-corrected chi connectivity index (χ4v) is 4.17. The summed E-state index contributed by atoms with van der Waals surface area (Å²) in [4.78, 5) is 2.66. The summed E-state index contributed by atoms with van der Waals surface area (Å²) >= 11 is 0. The van der Waals surface area contributed by atoms with E-state index in [2.05, 4.69) is 24.2 Å². The summed E-state index contributed by atoms with van der Waals surface area (Å²) in [5.74, 6) is 0. The number of hydrogen-bond donors (Lipinski definition) is 1. The molecule has 20 heavy (non-hydrogen) atoms. The molecule has 2 rings (SSSR count). The third-order valence-corrected chi connectivity index (χ3v) is 5.55. The lowest BCUT2D eigenvalue weighted by atomic mass is 9.82. The van der Waals surface area contributed by atoms with Crippen molar-refractivity contribution in [2.45, 2.75) is 102 Å². The van der Waals surface area contributed by atoms with E-state index in [0.717, 1.165) is 18.1 Å². The van der Waals surface area contributed by atoms with Crippen LogP contribution in [0.2, 0.25) is 0 Å². The Morgan fingerprint density at radius 2 is 1.50 bits per heavy atom. The van der Waals surface area contributed by atoms with Crippen molar-refractivity contribution in [2.75, 3.05) is 13.6 Å². The Bertz CT molecular complexity index is 240. The molecular weight excluding hydrogens is 244 g/mol. The Hall–Kier alpha value is -0.0800. The maximum atomic E-state index is 3.85. The third-order valence-electron chi connectivity index (χ3n) is 5.55. The van der Waals surface area contributed by atoms with Crippen molar-refractivity contribution in [3.8, 4) is 0 Å². The van der Waals surface area contributed by atoms with E-state index in [1.54, 1.807) is 0 Å². The molecule has 118 valence electrons. The van der Waals surface area contributed by atoms with Crippen LogP contribution in [0.1, 0.15) is 84.0 Å². The molecule has 0 radical (unpaired) electrons. The fourth-order valence-electron chi connectivity index (χ4n) is 4.17. The van der Waals surface area contributed by atoms with E-state index in [0.29, 0.717) is 0 Å². The molecule has 1 N–H and O–H groups in total. The topological polar surface area (TPSA) is 15.3 Å². The molecule has 0 aromatic carbocycles. The summed E-state index contributed by atoms with van der Waals surface area (Å²) in [7, 11) is 2.35. The fraction of sp³-hybridized carbons (Fsp3) is 1.00. The van der Waals surface area contributed by atoms with E-state index >= 15 is 0 Å². The minimum atomic E-state index is 0.807. The molecule has 0 aromatic heterocycles. The summed E-state index contributed by atoms with van der Waals surface area (Å²) in [6, 6.07) is 2.55. The van der Waals surface area contributed by atoms with Crippen LogP contribution in [0.25, 0.3) is 0 Å². The Morgan fingerprint density at radius 3 is 2.15 bits per heavy atom. The Kier molecular flexibility index (Phi) is 7.37. The van der Waals surface area contributed by atoms with Gasteiger partial charge in [-0.15, -0.1) is 0 Å². The monoisotopic (exact) mass is 280 g/mol. The number of rotatable bonds is 9. The molecule has 2 fully saturated rings. The highest BCUT2D eigenvalue weighted by atomic mass is 15.2. The predicted molar refractivity (Wildman–Crippen MR) is 88.2 cm³/mol. The van der Waals surface area contributed by atoms with Crippen molar-refractivity contribution in [3.05, 3.63) is 0 Å². The second-order valence-electron chi connectivity index (χ2n) is 7.15. The van der Waals surface area contributed by atoms with Crippen molar-refractivity contribution in [1.29, 1.82) is 0 Å². The second-order valence-corrected chi connectivity index (χ2v) is 7.15. The summed E-state index contributed by atoms with van der Waals surface area (Å²) in [5, 5.41) is 3.85. The Balaban J connectivity index is 1.50. The van der Waals surface area contributed by atoms with Gasteiger partial charge in [-0.1, -0.05) is 51.9 Å². The first-order chi connectivity index (χ1) is 9.81. The van der Waals surface area contributed by atoms with Gasteiger partial charge in [-0.2, -0.15) is 0 Å². The van der Waals surface area contributed by atoms with Crippen molar-refractivity contribution in [2.24, 2.45) is 0 Å². The molecule has 2 nitrogen and oxygen atoms in total. The van der Waals surface area contributed by atoms with E-state index in [9.17, 15) is 0 Å². The van der Waals surface area contributed by atoms with Gasteiger partial charge in [0.1, 0.15) is 0 Å². The highest BCUT2D eigenvalue weighted by Gasteiger charge is 2.35. The van der Waals surface area contributed by atoms with Crippen LogP contribution in [0.5, 0.6) is 0 Å². The Morgan fingerprint density at radius 1 is 0.900 bits per heavy atom. The van der Waals surface area contributed by atoms with Crippen LogP contribution in [-0.4, -0.2) is 36.6 Å². The maximum absolute atomic E-state index is 3.85. The van der Waals surface area contributed by atoms with E-state index in [4.69, 9.17) is 0 Å². The van der Waals surface area contributed by atoms with Gasteiger partial charge < -0.3 is 10.2 Å². The molecule has 2 saturated heterocycles. The van der Waals surface area contributed by atoms with Gasteiger partial charge in [-0.3, -0.25) is 0 Å². The number of unbranched alkanes of at least 4 members (excludes halogenated alkanes) is 6. The van der Waals surface area contributed by atoms with Crippen LogP contribution in [0, 0.1) is 0 Å². The standard InChI is InChI=1S/C18H36N2/c1-3-4-5-6-7-8-9-13-19-16-14-17-11-10-12-18(15-16)20(17)2/h16-19H,3-15H2,1-2H3. The van der Waals surface area contributed by atoms with Crippen LogP contribution in [0.3, 0.4) is 0 Å². The number of nitrogens with zero attached hydrogens (tertiary/aromatic N) is 1. The number of nitrogens with one attached hydrogen (secondary N) is 1. The van der Waals surface area contributed by atoms with Crippen molar-refractivity contribution < 1.29 is 0 Å². The van der Waals surface area contributed by atoms with Crippen molar-refractivity contribution in [1.82, 2.24) is 10.2 Å². The van der Waals surface area contributed by atoms with E-state index in [-0.39, 0.29) is 0 Å². The minimum absolute atomic E-state index is 0.807. The molecule has 2 heterocycles. The van der Waals surface area contributed by atoms with Gasteiger partial charge in [0.05, 0.1) is 0 Å². The van der Waals surface area contributed by atoms with Gasteiger partial charge in [0, 0.05) is 18.1 Å². The zero-order chi connectivity index (χ0) is 14.2.